The average Bonchev–Trinajstić information content (AvgIpc) is 3.19. The largest absolute Gasteiger partial charge is 0.297 e. The van der Waals surface area contributed by atoms with Crippen molar-refractivity contribution in [1.29, 1.82) is 0 Å². The fourth-order valence-electron chi connectivity index (χ4n) is 2.11. The van der Waals surface area contributed by atoms with Gasteiger partial charge in [-0.05, 0) is 50.0 Å². The first-order chi connectivity index (χ1) is 7.69. The molecular formula is C13H22OS2. The van der Waals surface area contributed by atoms with E-state index in [-0.39, 0.29) is 9.49 Å². The Kier molecular flexibility index (Phi) is 3.95. The average molecular weight is 258 g/mol. The minimum absolute atomic E-state index is 0.0627. The van der Waals surface area contributed by atoms with Crippen molar-refractivity contribution in [1.82, 2.24) is 0 Å². The summed E-state index contributed by atoms with van der Waals surface area (Å²) in [4.78, 5) is 12.6. The summed E-state index contributed by atoms with van der Waals surface area (Å²) in [7, 11) is 0. The molecule has 0 radical (unpaired) electrons. The molecule has 2 saturated carbocycles. The van der Waals surface area contributed by atoms with Gasteiger partial charge in [-0.2, -0.15) is 0 Å². The summed E-state index contributed by atoms with van der Waals surface area (Å²) >= 11 is 3.87. The van der Waals surface area contributed by atoms with Gasteiger partial charge in [0.15, 0.2) is 5.78 Å². The van der Waals surface area contributed by atoms with E-state index < -0.39 is 0 Å². The van der Waals surface area contributed by atoms with Crippen molar-refractivity contribution in [3.8, 4) is 0 Å². The number of hydrogen-bond acceptors (Lipinski definition) is 3. The zero-order chi connectivity index (χ0) is 11.6. The van der Waals surface area contributed by atoms with Crippen LogP contribution in [-0.2, 0) is 4.79 Å². The smallest absolute Gasteiger partial charge is 0.164 e. The normalized spacial score (nSPS) is 24.1. The lowest BCUT2D eigenvalue weighted by Crippen LogP contribution is -2.31. The Morgan fingerprint density at radius 3 is 1.56 bits per heavy atom. The molecule has 16 heavy (non-hydrogen) atoms. The molecule has 0 aromatic rings. The maximum Gasteiger partial charge on any atom is 0.164 e. The quantitative estimate of drug-likeness (QED) is 0.657. The molecule has 0 heterocycles. The Balaban J connectivity index is 1.91. The fourth-order valence-corrected chi connectivity index (χ4v) is 4.80. The topological polar surface area (TPSA) is 17.1 Å². The van der Waals surface area contributed by atoms with Crippen molar-refractivity contribution in [3.63, 3.8) is 0 Å². The molecule has 0 spiro atoms. The van der Waals surface area contributed by atoms with Crippen LogP contribution in [0.2, 0.25) is 0 Å². The van der Waals surface area contributed by atoms with Crippen LogP contribution in [0.4, 0.5) is 0 Å². The SMILES string of the molecule is CCCSC1(C(=O)C2(SCCC)CC2)CC1. The molecular weight excluding hydrogens is 236 g/mol. The zero-order valence-corrected chi connectivity index (χ0v) is 12.0. The Bertz CT molecular complexity index is 241. The lowest BCUT2D eigenvalue weighted by Gasteiger charge is -2.20. The van der Waals surface area contributed by atoms with Gasteiger partial charge in [0, 0.05) is 0 Å². The Hall–Kier alpha value is 0.370. The number of hydrogen-bond donors (Lipinski definition) is 0. The number of rotatable bonds is 8. The predicted octanol–water partition coefficient (Wildman–Crippen LogP) is 3.91. The number of Topliss-reactive ketones (excluding diaryl/α,β-unsaturated/α-hetero) is 1. The molecule has 2 aliphatic carbocycles. The molecule has 0 N–H and O–H groups in total. The van der Waals surface area contributed by atoms with E-state index in [1.54, 1.807) is 0 Å². The van der Waals surface area contributed by atoms with Gasteiger partial charge in [-0.25, -0.2) is 0 Å². The van der Waals surface area contributed by atoms with Gasteiger partial charge >= 0.3 is 0 Å². The van der Waals surface area contributed by atoms with Gasteiger partial charge < -0.3 is 0 Å². The maximum atomic E-state index is 12.6. The van der Waals surface area contributed by atoms with E-state index in [0.717, 1.165) is 37.2 Å². The van der Waals surface area contributed by atoms with Crippen molar-refractivity contribution in [2.45, 2.75) is 61.9 Å². The first-order valence-electron chi connectivity index (χ1n) is 6.52. The van der Waals surface area contributed by atoms with Crippen LogP contribution < -0.4 is 0 Å². The Morgan fingerprint density at radius 1 is 0.938 bits per heavy atom. The highest BCUT2D eigenvalue weighted by atomic mass is 32.2. The van der Waals surface area contributed by atoms with Crippen molar-refractivity contribution >= 4 is 29.3 Å². The summed E-state index contributed by atoms with van der Waals surface area (Å²) < 4.78 is 0.125. The van der Waals surface area contributed by atoms with Crippen molar-refractivity contribution in [3.05, 3.63) is 0 Å². The van der Waals surface area contributed by atoms with Gasteiger partial charge in [0.05, 0.1) is 9.49 Å². The van der Waals surface area contributed by atoms with E-state index in [1.165, 1.54) is 12.8 Å². The summed E-state index contributed by atoms with van der Waals surface area (Å²) in [6.07, 6.45) is 6.95. The monoisotopic (exact) mass is 258 g/mol. The molecule has 0 bridgehead atoms. The minimum atomic E-state index is 0.0627. The van der Waals surface area contributed by atoms with E-state index in [2.05, 4.69) is 13.8 Å². The third kappa shape index (κ3) is 2.45. The molecule has 92 valence electrons. The first kappa shape index (κ1) is 12.8. The standard InChI is InChI=1S/C13H22OS2/c1-3-9-15-12(5-6-12)11(14)13(7-8-13)16-10-4-2/h3-10H2,1-2H3. The zero-order valence-electron chi connectivity index (χ0n) is 10.4. The molecule has 0 atom stereocenters. The van der Waals surface area contributed by atoms with Crippen LogP contribution >= 0.6 is 23.5 Å². The van der Waals surface area contributed by atoms with E-state index in [0.29, 0.717) is 5.78 Å². The fraction of sp³-hybridized carbons (Fsp3) is 0.923. The number of carbonyl (C=O) groups is 1. The Labute approximate surface area is 108 Å². The molecule has 2 aliphatic rings. The third-order valence-corrected chi connectivity index (χ3v) is 6.92. The maximum absolute atomic E-state index is 12.6. The van der Waals surface area contributed by atoms with Crippen LogP contribution in [0.25, 0.3) is 0 Å². The second-order valence-corrected chi connectivity index (χ2v) is 7.97. The van der Waals surface area contributed by atoms with Crippen LogP contribution in [0, 0.1) is 0 Å². The minimum Gasteiger partial charge on any atom is -0.297 e. The van der Waals surface area contributed by atoms with E-state index >= 15 is 0 Å². The third-order valence-electron chi connectivity index (χ3n) is 3.40. The molecule has 0 unspecified atom stereocenters. The molecule has 0 aromatic heterocycles. The summed E-state index contributed by atoms with van der Waals surface area (Å²) in [5.41, 5.74) is 0. The van der Waals surface area contributed by atoms with E-state index in [1.807, 2.05) is 23.5 Å². The molecule has 0 amide bonds. The van der Waals surface area contributed by atoms with Crippen LogP contribution in [0.1, 0.15) is 52.4 Å². The molecule has 0 aliphatic heterocycles. The summed E-state index contributed by atoms with van der Waals surface area (Å²) in [6.45, 7) is 4.40. The van der Waals surface area contributed by atoms with Gasteiger partial charge in [0.1, 0.15) is 0 Å². The molecule has 1 nitrogen and oxygen atoms in total. The van der Waals surface area contributed by atoms with Crippen LogP contribution in [0.5, 0.6) is 0 Å². The molecule has 2 fully saturated rings. The highest BCUT2D eigenvalue weighted by Crippen LogP contribution is 2.60. The van der Waals surface area contributed by atoms with Gasteiger partial charge in [0.2, 0.25) is 0 Å². The molecule has 2 rings (SSSR count). The second kappa shape index (κ2) is 4.93. The summed E-state index contributed by atoms with van der Waals surface area (Å²) in [6, 6.07) is 0. The Morgan fingerprint density at radius 2 is 1.31 bits per heavy atom. The van der Waals surface area contributed by atoms with E-state index in [4.69, 9.17) is 0 Å². The van der Waals surface area contributed by atoms with Gasteiger partial charge in [-0.1, -0.05) is 13.8 Å². The van der Waals surface area contributed by atoms with Crippen molar-refractivity contribution in [2.75, 3.05) is 11.5 Å². The molecule has 0 aromatic carbocycles. The molecule has 3 heteroatoms. The van der Waals surface area contributed by atoms with E-state index in [9.17, 15) is 4.79 Å². The second-order valence-electron chi connectivity index (χ2n) is 5.01. The summed E-state index contributed by atoms with van der Waals surface area (Å²) in [5, 5.41) is 0. The highest BCUT2D eigenvalue weighted by Gasteiger charge is 2.62. The first-order valence-corrected chi connectivity index (χ1v) is 8.49. The van der Waals surface area contributed by atoms with Gasteiger partial charge in [-0.15, -0.1) is 23.5 Å². The predicted molar refractivity (Wildman–Crippen MR) is 74.4 cm³/mol. The van der Waals surface area contributed by atoms with Gasteiger partial charge in [-0.3, -0.25) is 4.79 Å². The number of thioether (sulfide) groups is 2. The lowest BCUT2D eigenvalue weighted by atomic mass is 10.1. The number of carbonyl (C=O) groups excluding carboxylic acids is 1. The summed E-state index contributed by atoms with van der Waals surface area (Å²) in [5.74, 6) is 2.90. The lowest BCUT2D eigenvalue weighted by molar-refractivity contribution is -0.119. The van der Waals surface area contributed by atoms with Crippen LogP contribution in [0.15, 0.2) is 0 Å². The van der Waals surface area contributed by atoms with Crippen molar-refractivity contribution < 1.29 is 4.79 Å². The molecule has 0 saturated heterocycles. The van der Waals surface area contributed by atoms with Gasteiger partial charge in [0.25, 0.3) is 0 Å². The number of ketones is 1. The van der Waals surface area contributed by atoms with Crippen LogP contribution in [0.3, 0.4) is 0 Å². The highest BCUT2D eigenvalue weighted by molar-refractivity contribution is 8.03. The van der Waals surface area contributed by atoms with Crippen LogP contribution in [-0.4, -0.2) is 26.8 Å². The van der Waals surface area contributed by atoms with Crippen molar-refractivity contribution in [2.24, 2.45) is 0 Å².